The quantitative estimate of drug-likeness (QED) is 0.612. The van der Waals surface area contributed by atoms with Gasteiger partial charge in [0.25, 0.3) is 0 Å². The van der Waals surface area contributed by atoms with Crippen LogP contribution in [-0.2, 0) is 0 Å². The lowest BCUT2D eigenvalue weighted by Crippen LogP contribution is -2.08. The zero-order chi connectivity index (χ0) is 14.5. The van der Waals surface area contributed by atoms with Gasteiger partial charge in [0.1, 0.15) is 0 Å². The molecule has 0 amide bonds. The van der Waals surface area contributed by atoms with E-state index in [0.29, 0.717) is 0 Å². The van der Waals surface area contributed by atoms with E-state index in [4.69, 9.17) is 11.6 Å². The molecule has 1 atom stereocenters. The summed E-state index contributed by atoms with van der Waals surface area (Å²) in [6, 6.07) is 14.5. The summed E-state index contributed by atoms with van der Waals surface area (Å²) in [6.45, 7) is 4.29. The summed E-state index contributed by atoms with van der Waals surface area (Å²) in [5.41, 5.74) is 2.26. The van der Waals surface area contributed by atoms with Crippen molar-refractivity contribution in [3.8, 4) is 0 Å². The highest BCUT2D eigenvalue weighted by molar-refractivity contribution is 9.10. The van der Waals surface area contributed by atoms with Gasteiger partial charge in [-0.25, -0.2) is 0 Å². The van der Waals surface area contributed by atoms with Crippen LogP contribution in [0.25, 0.3) is 0 Å². The van der Waals surface area contributed by atoms with Crippen molar-refractivity contribution in [3.63, 3.8) is 0 Å². The molecule has 20 heavy (non-hydrogen) atoms. The molecule has 2 aromatic carbocycles. The fourth-order valence-electron chi connectivity index (χ4n) is 2.03. The number of para-hydroxylation sites is 1. The van der Waals surface area contributed by atoms with Crippen LogP contribution >= 0.6 is 39.3 Å². The van der Waals surface area contributed by atoms with Crippen molar-refractivity contribution >= 4 is 45.0 Å². The van der Waals surface area contributed by atoms with Gasteiger partial charge in [0.15, 0.2) is 0 Å². The summed E-state index contributed by atoms with van der Waals surface area (Å²) in [4.78, 5) is 1.27. The Morgan fingerprint density at radius 3 is 2.70 bits per heavy atom. The van der Waals surface area contributed by atoms with Crippen molar-refractivity contribution in [1.29, 1.82) is 0 Å². The molecular weight excluding hydrogens is 354 g/mol. The van der Waals surface area contributed by atoms with Gasteiger partial charge in [-0.3, -0.25) is 0 Å². The van der Waals surface area contributed by atoms with Crippen LogP contribution < -0.4 is 5.32 Å². The first-order valence-corrected chi connectivity index (χ1v) is 8.70. The molecule has 0 radical (unpaired) electrons. The lowest BCUT2D eigenvalue weighted by molar-refractivity contribution is 0.879. The summed E-state index contributed by atoms with van der Waals surface area (Å²) < 4.78 is 1.00. The molecule has 0 heterocycles. The third-order valence-electron chi connectivity index (χ3n) is 2.99. The molecule has 0 spiro atoms. The second-order valence-electron chi connectivity index (χ2n) is 4.46. The monoisotopic (exact) mass is 369 g/mol. The topological polar surface area (TPSA) is 12.0 Å². The minimum atomic E-state index is 0.161. The van der Waals surface area contributed by atoms with Crippen LogP contribution in [-0.4, -0.2) is 5.75 Å². The molecule has 0 saturated heterocycles. The third kappa shape index (κ3) is 3.94. The molecule has 0 aliphatic rings. The Bertz CT molecular complexity index is 588. The summed E-state index contributed by atoms with van der Waals surface area (Å²) in [7, 11) is 0. The number of benzene rings is 2. The van der Waals surface area contributed by atoms with Crippen molar-refractivity contribution in [2.75, 3.05) is 11.1 Å². The van der Waals surface area contributed by atoms with E-state index < -0.39 is 0 Å². The number of rotatable bonds is 5. The third-order valence-corrected chi connectivity index (χ3v) is 4.76. The summed E-state index contributed by atoms with van der Waals surface area (Å²) >= 11 is 11.6. The Morgan fingerprint density at radius 1 is 1.25 bits per heavy atom. The highest BCUT2D eigenvalue weighted by Crippen LogP contribution is 2.32. The highest BCUT2D eigenvalue weighted by Gasteiger charge is 2.11. The maximum atomic E-state index is 6.32. The van der Waals surface area contributed by atoms with Crippen LogP contribution in [0.15, 0.2) is 51.8 Å². The number of thioether (sulfide) groups is 1. The Kier molecular flexibility index (Phi) is 5.82. The molecule has 1 unspecified atom stereocenters. The molecule has 0 aliphatic heterocycles. The first-order chi connectivity index (χ1) is 9.61. The Labute approximate surface area is 138 Å². The molecule has 2 aromatic rings. The van der Waals surface area contributed by atoms with E-state index in [1.807, 2.05) is 23.9 Å². The van der Waals surface area contributed by atoms with Crippen LogP contribution in [0.4, 0.5) is 5.69 Å². The lowest BCUT2D eigenvalue weighted by Gasteiger charge is -2.19. The van der Waals surface area contributed by atoms with E-state index in [1.165, 1.54) is 4.90 Å². The van der Waals surface area contributed by atoms with Gasteiger partial charge >= 0.3 is 0 Å². The first-order valence-electron chi connectivity index (χ1n) is 6.55. The van der Waals surface area contributed by atoms with E-state index in [2.05, 4.69) is 65.4 Å². The number of anilines is 1. The van der Waals surface area contributed by atoms with Crippen LogP contribution in [0.5, 0.6) is 0 Å². The van der Waals surface area contributed by atoms with Crippen molar-refractivity contribution in [2.24, 2.45) is 0 Å². The molecule has 2 rings (SSSR count). The Balaban J connectivity index is 2.21. The van der Waals surface area contributed by atoms with Crippen molar-refractivity contribution in [1.82, 2.24) is 0 Å². The van der Waals surface area contributed by atoms with Gasteiger partial charge < -0.3 is 5.32 Å². The van der Waals surface area contributed by atoms with Crippen molar-refractivity contribution in [3.05, 3.63) is 57.5 Å². The smallest absolute Gasteiger partial charge is 0.0500 e. The minimum absolute atomic E-state index is 0.161. The molecule has 0 aromatic heterocycles. The van der Waals surface area contributed by atoms with Gasteiger partial charge in [-0.2, -0.15) is 0 Å². The fraction of sp³-hybridized carbons (Fsp3) is 0.250. The maximum absolute atomic E-state index is 6.32. The number of hydrogen-bond acceptors (Lipinski definition) is 2. The van der Waals surface area contributed by atoms with Gasteiger partial charge in [0.05, 0.1) is 6.04 Å². The van der Waals surface area contributed by atoms with E-state index >= 15 is 0 Å². The molecule has 0 bridgehead atoms. The second kappa shape index (κ2) is 7.39. The lowest BCUT2D eigenvalue weighted by atomic mass is 10.1. The highest BCUT2D eigenvalue weighted by atomic mass is 79.9. The summed E-state index contributed by atoms with van der Waals surface area (Å²) in [5.74, 6) is 1.06. The van der Waals surface area contributed by atoms with Gasteiger partial charge in [0, 0.05) is 20.1 Å². The SMILES string of the molecule is CCSc1ccccc1NC(C)c1ccc(Br)cc1Cl. The number of halogens is 2. The van der Waals surface area contributed by atoms with E-state index in [-0.39, 0.29) is 6.04 Å². The molecular formula is C16H17BrClNS. The molecule has 0 saturated carbocycles. The van der Waals surface area contributed by atoms with Crippen LogP contribution in [0, 0.1) is 0 Å². The summed E-state index contributed by atoms with van der Waals surface area (Å²) in [6.07, 6.45) is 0. The van der Waals surface area contributed by atoms with E-state index in [0.717, 1.165) is 26.5 Å². The fourth-order valence-corrected chi connectivity index (χ4v) is 3.64. The second-order valence-corrected chi connectivity index (χ2v) is 7.09. The Morgan fingerprint density at radius 2 is 2.00 bits per heavy atom. The van der Waals surface area contributed by atoms with Gasteiger partial charge in [-0.05, 0) is 42.5 Å². The normalized spacial score (nSPS) is 12.2. The molecule has 106 valence electrons. The largest absolute Gasteiger partial charge is 0.378 e. The molecule has 1 nitrogen and oxygen atoms in total. The van der Waals surface area contributed by atoms with Gasteiger partial charge in [0.2, 0.25) is 0 Å². The molecule has 4 heteroatoms. The first kappa shape index (κ1) is 15.7. The predicted molar refractivity (Wildman–Crippen MR) is 94.0 cm³/mol. The van der Waals surface area contributed by atoms with Crippen molar-refractivity contribution < 1.29 is 0 Å². The maximum Gasteiger partial charge on any atom is 0.0500 e. The van der Waals surface area contributed by atoms with Crippen LogP contribution in [0.1, 0.15) is 25.5 Å². The predicted octanol–water partition coefficient (Wildman–Crippen LogP) is 6.39. The number of hydrogen-bond donors (Lipinski definition) is 1. The molecule has 0 fully saturated rings. The van der Waals surface area contributed by atoms with E-state index in [9.17, 15) is 0 Å². The van der Waals surface area contributed by atoms with E-state index in [1.54, 1.807) is 0 Å². The zero-order valence-corrected chi connectivity index (χ0v) is 14.6. The van der Waals surface area contributed by atoms with Crippen molar-refractivity contribution in [2.45, 2.75) is 24.8 Å². The summed E-state index contributed by atoms with van der Waals surface area (Å²) in [5, 5.41) is 4.33. The van der Waals surface area contributed by atoms with Gasteiger partial charge in [-0.1, -0.05) is 52.7 Å². The van der Waals surface area contributed by atoms with Crippen LogP contribution in [0.2, 0.25) is 5.02 Å². The van der Waals surface area contributed by atoms with Gasteiger partial charge in [-0.15, -0.1) is 11.8 Å². The number of nitrogens with one attached hydrogen (secondary N) is 1. The molecule has 0 aliphatic carbocycles. The van der Waals surface area contributed by atoms with Crippen LogP contribution in [0.3, 0.4) is 0 Å². The standard InChI is InChI=1S/C16H17BrClNS/c1-3-20-16-7-5-4-6-15(16)19-11(2)13-9-8-12(17)10-14(13)18/h4-11,19H,3H2,1-2H3. The zero-order valence-electron chi connectivity index (χ0n) is 11.5. The average molecular weight is 371 g/mol. The average Bonchev–Trinajstić information content (AvgIpc) is 2.41. The molecule has 1 N–H and O–H groups in total. The Hall–Kier alpha value is -0.640. The minimum Gasteiger partial charge on any atom is -0.378 e.